The Labute approximate surface area is 131 Å². The summed E-state index contributed by atoms with van der Waals surface area (Å²) in [5.41, 5.74) is 2.88. The number of aromatic nitrogens is 1. The molecule has 0 bridgehead atoms. The first-order chi connectivity index (χ1) is 10.8. The maximum atomic E-state index is 6.06. The lowest BCUT2D eigenvalue weighted by molar-refractivity contribution is 0.155. The van der Waals surface area contributed by atoms with E-state index in [0.29, 0.717) is 12.7 Å². The monoisotopic (exact) mass is 301 g/mol. The minimum atomic E-state index is 0.371. The van der Waals surface area contributed by atoms with Crippen LogP contribution in [0, 0.1) is 6.92 Å². The fraction of sp³-hybridized carbons (Fsp3) is 0.500. The van der Waals surface area contributed by atoms with E-state index in [-0.39, 0.29) is 0 Å². The lowest BCUT2D eigenvalue weighted by Crippen LogP contribution is -2.19. The van der Waals surface area contributed by atoms with Gasteiger partial charge in [-0.05, 0) is 56.9 Å². The first-order valence-corrected chi connectivity index (χ1v) is 7.99. The van der Waals surface area contributed by atoms with Crippen LogP contribution in [-0.2, 0) is 11.3 Å². The lowest BCUT2D eigenvalue weighted by Gasteiger charge is -2.23. The molecule has 0 aliphatic heterocycles. The van der Waals surface area contributed by atoms with E-state index >= 15 is 0 Å². The molecule has 0 spiro atoms. The zero-order valence-corrected chi connectivity index (χ0v) is 13.3. The van der Waals surface area contributed by atoms with Crippen LogP contribution < -0.4 is 4.74 Å². The summed E-state index contributed by atoms with van der Waals surface area (Å²) in [6.07, 6.45) is 6.60. The number of ether oxygens (including phenoxy) is 2. The van der Waals surface area contributed by atoms with Crippen molar-refractivity contribution in [2.45, 2.75) is 51.7 Å². The second-order valence-corrected chi connectivity index (χ2v) is 5.91. The van der Waals surface area contributed by atoms with Crippen LogP contribution in [0.25, 0.3) is 11.3 Å². The van der Waals surface area contributed by atoms with Gasteiger partial charge in [-0.1, -0.05) is 11.6 Å². The number of methoxy groups -OCH3 is 1. The highest BCUT2D eigenvalue weighted by Gasteiger charge is 2.17. The van der Waals surface area contributed by atoms with E-state index in [1.54, 1.807) is 7.11 Å². The molecular weight excluding hydrogens is 278 g/mol. The van der Waals surface area contributed by atoms with Crippen molar-refractivity contribution in [3.05, 3.63) is 35.5 Å². The molecule has 1 aliphatic rings. The van der Waals surface area contributed by atoms with Gasteiger partial charge in [0.05, 0.1) is 18.4 Å². The highest BCUT2D eigenvalue weighted by molar-refractivity contribution is 5.62. The van der Waals surface area contributed by atoms with Gasteiger partial charge in [-0.25, -0.2) is 0 Å². The van der Waals surface area contributed by atoms with Gasteiger partial charge < -0.3 is 14.0 Å². The molecule has 3 rings (SSSR count). The molecule has 0 N–H and O–H groups in total. The predicted octanol–water partition coefficient (Wildman–Crippen LogP) is 4.51. The second kappa shape index (κ2) is 6.97. The fourth-order valence-corrected chi connectivity index (χ4v) is 2.99. The van der Waals surface area contributed by atoms with Gasteiger partial charge in [0.2, 0.25) is 0 Å². The number of benzene rings is 1. The molecule has 4 heteroatoms. The van der Waals surface area contributed by atoms with E-state index in [2.05, 4.69) is 5.16 Å². The molecule has 1 aromatic heterocycles. The van der Waals surface area contributed by atoms with Crippen LogP contribution in [0.2, 0.25) is 0 Å². The minimum Gasteiger partial charge on any atom is -0.490 e. The summed E-state index contributed by atoms with van der Waals surface area (Å²) < 4.78 is 16.7. The van der Waals surface area contributed by atoms with Crippen molar-refractivity contribution in [3.63, 3.8) is 0 Å². The van der Waals surface area contributed by atoms with Gasteiger partial charge in [0, 0.05) is 18.2 Å². The summed E-state index contributed by atoms with van der Waals surface area (Å²) in [5, 5.41) is 4.04. The van der Waals surface area contributed by atoms with Crippen LogP contribution in [0.5, 0.6) is 5.75 Å². The van der Waals surface area contributed by atoms with E-state index in [0.717, 1.165) is 28.3 Å². The standard InChI is InChI=1S/C18H23NO3/c1-13-17(12-20-2)18(22-19-13)14-8-10-16(11-9-14)21-15-6-4-3-5-7-15/h8-11,15H,3-7,12H2,1-2H3. The van der Waals surface area contributed by atoms with Gasteiger partial charge in [-0.3, -0.25) is 0 Å². The third-order valence-electron chi connectivity index (χ3n) is 4.24. The lowest BCUT2D eigenvalue weighted by atomic mass is 9.98. The Bertz CT molecular complexity index is 597. The summed E-state index contributed by atoms with van der Waals surface area (Å²) in [6.45, 7) is 2.44. The van der Waals surface area contributed by atoms with Crippen molar-refractivity contribution in [3.8, 4) is 17.1 Å². The molecule has 118 valence electrons. The Balaban J connectivity index is 1.73. The average molecular weight is 301 g/mol. The largest absolute Gasteiger partial charge is 0.490 e. The summed E-state index contributed by atoms with van der Waals surface area (Å²) in [6, 6.07) is 8.07. The molecule has 1 aliphatic carbocycles. The van der Waals surface area contributed by atoms with Gasteiger partial charge in [-0.15, -0.1) is 0 Å². The summed E-state index contributed by atoms with van der Waals surface area (Å²) in [7, 11) is 1.68. The molecule has 0 unspecified atom stereocenters. The van der Waals surface area contributed by atoms with Crippen LogP contribution in [0.3, 0.4) is 0 Å². The number of nitrogens with zero attached hydrogens (tertiary/aromatic N) is 1. The molecule has 0 amide bonds. The Morgan fingerprint density at radius 1 is 1.14 bits per heavy atom. The number of aryl methyl sites for hydroxylation is 1. The quantitative estimate of drug-likeness (QED) is 0.815. The summed E-state index contributed by atoms with van der Waals surface area (Å²) in [4.78, 5) is 0. The predicted molar refractivity (Wildman–Crippen MR) is 84.9 cm³/mol. The van der Waals surface area contributed by atoms with E-state index in [9.17, 15) is 0 Å². The van der Waals surface area contributed by atoms with Crippen molar-refractivity contribution < 1.29 is 14.0 Å². The van der Waals surface area contributed by atoms with Crippen molar-refractivity contribution in [1.29, 1.82) is 0 Å². The highest BCUT2D eigenvalue weighted by atomic mass is 16.5. The van der Waals surface area contributed by atoms with E-state index in [1.165, 1.54) is 32.1 Å². The molecule has 0 saturated heterocycles. The first-order valence-electron chi connectivity index (χ1n) is 7.99. The van der Waals surface area contributed by atoms with Crippen molar-refractivity contribution in [1.82, 2.24) is 5.16 Å². The summed E-state index contributed by atoms with van der Waals surface area (Å²) >= 11 is 0. The number of rotatable bonds is 5. The van der Waals surface area contributed by atoms with Gasteiger partial charge in [-0.2, -0.15) is 0 Å². The number of hydrogen-bond donors (Lipinski definition) is 0. The third kappa shape index (κ3) is 3.33. The summed E-state index contributed by atoms with van der Waals surface area (Å²) in [5.74, 6) is 1.71. The van der Waals surface area contributed by atoms with Gasteiger partial charge in [0.15, 0.2) is 5.76 Å². The van der Waals surface area contributed by atoms with Gasteiger partial charge in [0.1, 0.15) is 5.75 Å². The SMILES string of the molecule is COCc1c(C)noc1-c1ccc(OC2CCCCC2)cc1. The molecule has 22 heavy (non-hydrogen) atoms. The van der Waals surface area contributed by atoms with Gasteiger partial charge in [0.25, 0.3) is 0 Å². The van der Waals surface area contributed by atoms with Crippen molar-refractivity contribution in [2.75, 3.05) is 7.11 Å². The Morgan fingerprint density at radius 3 is 2.55 bits per heavy atom. The van der Waals surface area contributed by atoms with E-state index in [1.807, 2.05) is 31.2 Å². The molecule has 2 aromatic rings. The molecule has 1 saturated carbocycles. The van der Waals surface area contributed by atoms with Crippen LogP contribution in [0.4, 0.5) is 0 Å². The topological polar surface area (TPSA) is 44.5 Å². The molecule has 0 atom stereocenters. The smallest absolute Gasteiger partial charge is 0.172 e. The highest BCUT2D eigenvalue weighted by Crippen LogP contribution is 2.29. The molecule has 1 aromatic carbocycles. The molecule has 1 fully saturated rings. The Hall–Kier alpha value is -1.81. The second-order valence-electron chi connectivity index (χ2n) is 5.91. The maximum Gasteiger partial charge on any atom is 0.172 e. The van der Waals surface area contributed by atoms with Crippen LogP contribution in [0.15, 0.2) is 28.8 Å². The molecule has 0 radical (unpaired) electrons. The molecular formula is C18H23NO3. The van der Waals surface area contributed by atoms with Gasteiger partial charge >= 0.3 is 0 Å². The van der Waals surface area contributed by atoms with Crippen LogP contribution in [-0.4, -0.2) is 18.4 Å². The van der Waals surface area contributed by atoms with Crippen molar-refractivity contribution in [2.24, 2.45) is 0 Å². The zero-order valence-electron chi connectivity index (χ0n) is 13.3. The van der Waals surface area contributed by atoms with E-state index < -0.39 is 0 Å². The van der Waals surface area contributed by atoms with Crippen LogP contribution >= 0.6 is 0 Å². The molecule has 1 heterocycles. The molecule has 4 nitrogen and oxygen atoms in total. The Morgan fingerprint density at radius 2 is 1.86 bits per heavy atom. The fourth-order valence-electron chi connectivity index (χ4n) is 2.99. The van der Waals surface area contributed by atoms with Crippen molar-refractivity contribution >= 4 is 0 Å². The average Bonchev–Trinajstić information content (AvgIpc) is 2.91. The first kappa shape index (κ1) is 15.1. The third-order valence-corrected chi connectivity index (χ3v) is 4.24. The normalized spacial score (nSPS) is 15.9. The van der Waals surface area contributed by atoms with Crippen LogP contribution in [0.1, 0.15) is 43.4 Å². The maximum absolute atomic E-state index is 6.06. The zero-order chi connectivity index (χ0) is 15.4. The minimum absolute atomic E-state index is 0.371. The Kier molecular flexibility index (Phi) is 4.78. The van der Waals surface area contributed by atoms with E-state index in [4.69, 9.17) is 14.0 Å². The number of hydrogen-bond acceptors (Lipinski definition) is 4.